The van der Waals surface area contributed by atoms with E-state index in [1.54, 1.807) is 23.0 Å². The lowest BCUT2D eigenvalue weighted by Crippen LogP contribution is -1.99. The lowest BCUT2D eigenvalue weighted by molar-refractivity contribution is -0.108. The minimum absolute atomic E-state index is 0.322. The molecule has 0 saturated carbocycles. The van der Waals surface area contributed by atoms with Gasteiger partial charge in [-0.25, -0.2) is 15.0 Å². The number of pyridine rings is 1. The summed E-state index contributed by atoms with van der Waals surface area (Å²) in [5, 5.41) is 8.30. The molecular formula is C20H18N6O3. The van der Waals surface area contributed by atoms with Crippen molar-refractivity contribution in [1.82, 2.24) is 24.7 Å². The van der Waals surface area contributed by atoms with Crippen LogP contribution in [0.3, 0.4) is 0 Å². The molecule has 29 heavy (non-hydrogen) atoms. The second-order valence-electron chi connectivity index (χ2n) is 6.14. The lowest BCUT2D eigenvalue weighted by Gasteiger charge is -2.09. The van der Waals surface area contributed by atoms with Crippen LogP contribution in [0.1, 0.15) is 6.42 Å². The van der Waals surface area contributed by atoms with Crippen LogP contribution in [0.4, 0.5) is 11.6 Å². The average Bonchev–Trinajstić information content (AvgIpc) is 3.15. The Balaban J connectivity index is 1.53. The summed E-state index contributed by atoms with van der Waals surface area (Å²) in [6.07, 6.45) is 6.05. The Labute approximate surface area is 166 Å². The van der Waals surface area contributed by atoms with Gasteiger partial charge in [0, 0.05) is 37.2 Å². The van der Waals surface area contributed by atoms with E-state index >= 15 is 0 Å². The van der Waals surface area contributed by atoms with Crippen LogP contribution < -0.4 is 14.8 Å². The van der Waals surface area contributed by atoms with Crippen molar-refractivity contribution < 1.29 is 14.3 Å². The molecule has 1 aromatic carbocycles. The Morgan fingerprint density at radius 2 is 2.00 bits per heavy atom. The number of rotatable bonds is 8. The number of aldehydes is 1. The molecule has 146 valence electrons. The van der Waals surface area contributed by atoms with Crippen molar-refractivity contribution in [2.75, 3.05) is 11.9 Å². The van der Waals surface area contributed by atoms with Gasteiger partial charge in [0.15, 0.2) is 5.82 Å². The van der Waals surface area contributed by atoms with Gasteiger partial charge in [-0.1, -0.05) is 0 Å². The predicted octanol–water partition coefficient (Wildman–Crippen LogP) is 3.26. The van der Waals surface area contributed by atoms with Crippen molar-refractivity contribution >= 4 is 28.8 Å². The zero-order valence-corrected chi connectivity index (χ0v) is 15.6. The van der Waals surface area contributed by atoms with Gasteiger partial charge in [-0.2, -0.15) is 5.10 Å². The van der Waals surface area contributed by atoms with Crippen molar-refractivity contribution in [1.29, 1.82) is 0 Å². The van der Waals surface area contributed by atoms with Gasteiger partial charge >= 0.3 is 0 Å². The number of carbonyl (C=O) groups is 1. The molecule has 4 aromatic rings. The van der Waals surface area contributed by atoms with Crippen molar-refractivity contribution in [2.24, 2.45) is 7.05 Å². The van der Waals surface area contributed by atoms with Crippen LogP contribution in [0.15, 0.2) is 55.1 Å². The van der Waals surface area contributed by atoms with Gasteiger partial charge in [-0.05, 0) is 24.3 Å². The normalized spacial score (nSPS) is 10.7. The highest BCUT2D eigenvalue weighted by Gasteiger charge is 2.08. The molecule has 9 nitrogen and oxygen atoms in total. The minimum atomic E-state index is 0.322. The molecular weight excluding hydrogens is 372 g/mol. The van der Waals surface area contributed by atoms with Gasteiger partial charge in [0.1, 0.15) is 29.9 Å². The number of ether oxygens (including phenoxy) is 2. The summed E-state index contributed by atoms with van der Waals surface area (Å²) in [5.41, 5.74) is 0.776. The van der Waals surface area contributed by atoms with E-state index in [9.17, 15) is 4.79 Å². The SMILES string of the molecule is Cn1ccc(Nc2ncnc3ccc(Oc4ccc(OCCC=O)cn4)cc23)n1. The lowest BCUT2D eigenvalue weighted by atomic mass is 10.2. The molecule has 0 atom stereocenters. The summed E-state index contributed by atoms with van der Waals surface area (Å²) in [4.78, 5) is 23.2. The molecule has 3 heterocycles. The van der Waals surface area contributed by atoms with Crippen molar-refractivity contribution in [3.8, 4) is 17.4 Å². The molecule has 0 bridgehead atoms. The van der Waals surface area contributed by atoms with Crippen molar-refractivity contribution in [3.05, 3.63) is 55.1 Å². The van der Waals surface area contributed by atoms with E-state index in [0.717, 1.165) is 17.2 Å². The van der Waals surface area contributed by atoms with E-state index in [1.807, 2.05) is 37.5 Å². The summed E-state index contributed by atoms with van der Waals surface area (Å²) in [7, 11) is 1.85. The van der Waals surface area contributed by atoms with Crippen LogP contribution in [-0.4, -0.2) is 37.6 Å². The summed E-state index contributed by atoms with van der Waals surface area (Å²) in [5.74, 6) is 2.91. The molecule has 4 rings (SSSR count). The van der Waals surface area contributed by atoms with E-state index in [2.05, 4.69) is 25.4 Å². The quantitative estimate of drug-likeness (QED) is 0.361. The number of fused-ring (bicyclic) bond motifs is 1. The van der Waals surface area contributed by atoms with Crippen LogP contribution in [-0.2, 0) is 11.8 Å². The number of carbonyl (C=O) groups excluding carboxylic acids is 1. The van der Waals surface area contributed by atoms with Gasteiger partial charge < -0.3 is 19.6 Å². The molecule has 0 saturated heterocycles. The largest absolute Gasteiger partial charge is 0.492 e. The Morgan fingerprint density at radius 1 is 1.10 bits per heavy atom. The average molecular weight is 390 g/mol. The van der Waals surface area contributed by atoms with Crippen molar-refractivity contribution in [2.45, 2.75) is 6.42 Å². The molecule has 0 radical (unpaired) electrons. The summed E-state index contributed by atoms with van der Waals surface area (Å²) in [6, 6.07) is 10.8. The van der Waals surface area contributed by atoms with Crippen molar-refractivity contribution in [3.63, 3.8) is 0 Å². The molecule has 3 aromatic heterocycles. The van der Waals surface area contributed by atoms with Gasteiger partial charge in [0.25, 0.3) is 0 Å². The summed E-state index contributed by atoms with van der Waals surface area (Å²) < 4.78 is 13.0. The maximum absolute atomic E-state index is 10.3. The monoisotopic (exact) mass is 390 g/mol. The third-order valence-electron chi connectivity index (χ3n) is 4.00. The number of hydrogen-bond donors (Lipinski definition) is 1. The zero-order chi connectivity index (χ0) is 20.1. The van der Waals surface area contributed by atoms with Crippen LogP contribution in [0.5, 0.6) is 17.4 Å². The first kappa shape index (κ1) is 18.4. The summed E-state index contributed by atoms with van der Waals surface area (Å²) >= 11 is 0. The van der Waals surface area contributed by atoms with Gasteiger partial charge in [-0.3, -0.25) is 4.68 Å². The van der Waals surface area contributed by atoms with Gasteiger partial charge in [0.2, 0.25) is 5.88 Å². The van der Waals surface area contributed by atoms with E-state index < -0.39 is 0 Å². The first-order chi connectivity index (χ1) is 14.2. The van der Waals surface area contributed by atoms with Crippen LogP contribution in [0.2, 0.25) is 0 Å². The van der Waals surface area contributed by atoms with Crippen LogP contribution in [0.25, 0.3) is 10.9 Å². The maximum atomic E-state index is 10.3. The molecule has 0 aliphatic carbocycles. The molecule has 0 aliphatic rings. The standard InChI is InChI=1S/C20H18N6O3/c1-26-8-7-18(25-26)24-20-16-11-14(3-5-17(16)22-13-23-20)29-19-6-4-15(12-21-19)28-10-2-9-27/h3-9,11-13H,2,10H2,1H3,(H,22,23,24,25). The van der Waals surface area contributed by atoms with E-state index in [1.165, 1.54) is 6.33 Å². The number of benzene rings is 1. The fraction of sp³-hybridized carbons (Fsp3) is 0.150. The second kappa shape index (κ2) is 8.34. The maximum Gasteiger partial charge on any atom is 0.219 e. The molecule has 0 spiro atoms. The van der Waals surface area contributed by atoms with E-state index in [4.69, 9.17) is 9.47 Å². The summed E-state index contributed by atoms with van der Waals surface area (Å²) in [6.45, 7) is 0.322. The third-order valence-corrected chi connectivity index (χ3v) is 4.00. The number of aryl methyl sites for hydroxylation is 1. The number of anilines is 2. The Kier molecular flexibility index (Phi) is 5.28. The van der Waals surface area contributed by atoms with Crippen LogP contribution >= 0.6 is 0 Å². The fourth-order valence-electron chi connectivity index (χ4n) is 2.66. The zero-order valence-electron chi connectivity index (χ0n) is 15.6. The first-order valence-electron chi connectivity index (χ1n) is 8.93. The smallest absolute Gasteiger partial charge is 0.219 e. The number of aromatic nitrogens is 5. The molecule has 0 unspecified atom stereocenters. The Bertz CT molecular complexity index is 1130. The second-order valence-corrected chi connectivity index (χ2v) is 6.14. The van der Waals surface area contributed by atoms with Gasteiger partial charge in [0.05, 0.1) is 18.3 Å². The molecule has 1 N–H and O–H groups in total. The molecule has 0 fully saturated rings. The third kappa shape index (κ3) is 4.46. The number of nitrogens with zero attached hydrogens (tertiary/aromatic N) is 5. The topological polar surface area (TPSA) is 104 Å². The van der Waals surface area contributed by atoms with Crippen LogP contribution in [0, 0.1) is 0 Å². The minimum Gasteiger partial charge on any atom is -0.492 e. The highest BCUT2D eigenvalue weighted by atomic mass is 16.5. The number of hydrogen-bond acceptors (Lipinski definition) is 8. The Hall–Kier alpha value is -4.01. The van der Waals surface area contributed by atoms with E-state index in [0.29, 0.717) is 42.0 Å². The molecule has 0 aliphatic heterocycles. The number of nitrogens with one attached hydrogen (secondary N) is 1. The highest BCUT2D eigenvalue weighted by molar-refractivity contribution is 5.91. The Morgan fingerprint density at radius 3 is 2.76 bits per heavy atom. The van der Waals surface area contributed by atoms with E-state index in [-0.39, 0.29) is 0 Å². The fourth-order valence-corrected chi connectivity index (χ4v) is 2.66. The highest BCUT2D eigenvalue weighted by Crippen LogP contribution is 2.28. The predicted molar refractivity (Wildman–Crippen MR) is 107 cm³/mol. The molecule has 9 heteroatoms. The van der Waals surface area contributed by atoms with Gasteiger partial charge in [-0.15, -0.1) is 0 Å². The first-order valence-corrected chi connectivity index (χ1v) is 8.93. The molecule has 0 amide bonds.